The van der Waals surface area contributed by atoms with E-state index in [0.717, 1.165) is 17.7 Å². The highest BCUT2D eigenvalue weighted by molar-refractivity contribution is 6.09. The predicted molar refractivity (Wildman–Crippen MR) is 91.2 cm³/mol. The number of rotatable bonds is 4. The Labute approximate surface area is 153 Å². The standard InChI is InChI=1S/C19H16F2N2O4/c20-14-5-4-12(8-15(14)21)23-7-6-13(19(23)25)18(24)22-9-11-2-1-3-16-17(11)27-10-26-16/h1-5,8,13H,6-7,9-10H2,(H,22,24)/t13-/m0/s1. The molecule has 6 nitrogen and oxygen atoms in total. The molecule has 1 atom stereocenters. The van der Waals surface area contributed by atoms with Crippen LogP contribution in [0.1, 0.15) is 12.0 Å². The molecule has 1 saturated heterocycles. The van der Waals surface area contributed by atoms with Crippen molar-refractivity contribution in [1.82, 2.24) is 5.32 Å². The van der Waals surface area contributed by atoms with Gasteiger partial charge in [-0.05, 0) is 24.6 Å². The zero-order chi connectivity index (χ0) is 19.0. The van der Waals surface area contributed by atoms with Crippen LogP contribution in [0.2, 0.25) is 0 Å². The number of carbonyl (C=O) groups excluding carboxylic acids is 2. The third kappa shape index (κ3) is 3.18. The molecule has 27 heavy (non-hydrogen) atoms. The zero-order valence-corrected chi connectivity index (χ0v) is 14.2. The first-order valence-corrected chi connectivity index (χ1v) is 8.46. The van der Waals surface area contributed by atoms with E-state index in [0.29, 0.717) is 17.9 Å². The Bertz CT molecular complexity index is 919. The van der Waals surface area contributed by atoms with Crippen molar-refractivity contribution < 1.29 is 27.8 Å². The Balaban J connectivity index is 1.42. The number of carbonyl (C=O) groups is 2. The minimum absolute atomic E-state index is 0.130. The van der Waals surface area contributed by atoms with Crippen LogP contribution in [0.5, 0.6) is 11.5 Å². The summed E-state index contributed by atoms with van der Waals surface area (Å²) in [5, 5.41) is 2.74. The van der Waals surface area contributed by atoms with Crippen LogP contribution >= 0.6 is 0 Å². The molecule has 2 aliphatic rings. The monoisotopic (exact) mass is 374 g/mol. The minimum Gasteiger partial charge on any atom is -0.454 e. The molecule has 0 saturated carbocycles. The van der Waals surface area contributed by atoms with Crippen molar-refractivity contribution in [3.05, 3.63) is 53.6 Å². The molecule has 0 aliphatic carbocycles. The number of halogens is 2. The summed E-state index contributed by atoms with van der Waals surface area (Å²) in [7, 11) is 0. The van der Waals surface area contributed by atoms with Crippen molar-refractivity contribution in [1.29, 1.82) is 0 Å². The Kier molecular flexibility index (Phi) is 4.39. The van der Waals surface area contributed by atoms with E-state index < -0.39 is 29.4 Å². The van der Waals surface area contributed by atoms with Crippen molar-refractivity contribution in [2.75, 3.05) is 18.2 Å². The van der Waals surface area contributed by atoms with Gasteiger partial charge < -0.3 is 19.7 Å². The molecule has 0 radical (unpaired) electrons. The number of anilines is 1. The highest BCUT2D eigenvalue weighted by atomic mass is 19.2. The van der Waals surface area contributed by atoms with Crippen LogP contribution in [-0.2, 0) is 16.1 Å². The summed E-state index contributed by atoms with van der Waals surface area (Å²) in [6, 6.07) is 8.61. The lowest BCUT2D eigenvalue weighted by molar-refractivity contribution is -0.132. The lowest BCUT2D eigenvalue weighted by Gasteiger charge is -2.17. The Hall–Kier alpha value is -3.16. The number of benzene rings is 2. The summed E-state index contributed by atoms with van der Waals surface area (Å²) in [5.41, 5.74) is 0.988. The zero-order valence-electron chi connectivity index (χ0n) is 14.2. The van der Waals surface area contributed by atoms with Gasteiger partial charge in [-0.3, -0.25) is 9.59 Å². The van der Waals surface area contributed by atoms with Gasteiger partial charge in [0.05, 0.1) is 0 Å². The van der Waals surface area contributed by atoms with Crippen molar-refractivity contribution in [2.45, 2.75) is 13.0 Å². The van der Waals surface area contributed by atoms with Gasteiger partial charge in [0.25, 0.3) is 0 Å². The van der Waals surface area contributed by atoms with Gasteiger partial charge in [0.2, 0.25) is 18.6 Å². The van der Waals surface area contributed by atoms with Crippen molar-refractivity contribution >= 4 is 17.5 Å². The molecule has 0 aromatic heterocycles. The van der Waals surface area contributed by atoms with E-state index in [9.17, 15) is 18.4 Å². The lowest BCUT2D eigenvalue weighted by atomic mass is 10.1. The van der Waals surface area contributed by atoms with E-state index in [-0.39, 0.29) is 25.6 Å². The quantitative estimate of drug-likeness (QED) is 0.835. The van der Waals surface area contributed by atoms with Crippen molar-refractivity contribution in [2.24, 2.45) is 5.92 Å². The van der Waals surface area contributed by atoms with Gasteiger partial charge in [0.15, 0.2) is 23.1 Å². The molecule has 0 bridgehead atoms. The fourth-order valence-corrected chi connectivity index (χ4v) is 3.27. The van der Waals surface area contributed by atoms with Crippen molar-refractivity contribution in [3.8, 4) is 11.5 Å². The number of para-hydroxylation sites is 1. The molecule has 4 rings (SSSR count). The number of nitrogens with zero attached hydrogens (tertiary/aromatic N) is 1. The number of hydrogen-bond acceptors (Lipinski definition) is 4. The number of ether oxygens (including phenoxy) is 2. The molecule has 2 amide bonds. The predicted octanol–water partition coefficient (Wildman–Crippen LogP) is 2.36. The maximum atomic E-state index is 13.4. The van der Waals surface area contributed by atoms with E-state index in [4.69, 9.17) is 9.47 Å². The second kappa shape index (κ2) is 6.86. The normalized spacial score (nSPS) is 18.1. The molecule has 0 spiro atoms. The average Bonchev–Trinajstić information content (AvgIpc) is 3.29. The van der Waals surface area contributed by atoms with E-state index in [1.807, 2.05) is 0 Å². The van der Waals surface area contributed by atoms with Crippen molar-refractivity contribution in [3.63, 3.8) is 0 Å². The first kappa shape index (κ1) is 17.3. The maximum Gasteiger partial charge on any atom is 0.239 e. The maximum absolute atomic E-state index is 13.4. The second-order valence-corrected chi connectivity index (χ2v) is 6.30. The molecule has 2 aliphatic heterocycles. The van der Waals surface area contributed by atoms with E-state index in [1.54, 1.807) is 18.2 Å². The third-order valence-electron chi connectivity index (χ3n) is 4.67. The van der Waals surface area contributed by atoms with E-state index in [2.05, 4.69) is 5.32 Å². The van der Waals surface area contributed by atoms with Gasteiger partial charge >= 0.3 is 0 Å². The largest absolute Gasteiger partial charge is 0.454 e. The Morgan fingerprint density at radius 3 is 2.85 bits per heavy atom. The van der Waals surface area contributed by atoms with Crippen LogP contribution in [-0.4, -0.2) is 25.2 Å². The fraction of sp³-hybridized carbons (Fsp3) is 0.263. The van der Waals surface area contributed by atoms with Gasteiger partial charge in [-0.2, -0.15) is 0 Å². The molecule has 2 heterocycles. The summed E-state index contributed by atoms with van der Waals surface area (Å²) >= 11 is 0. The molecular formula is C19H16F2N2O4. The summed E-state index contributed by atoms with van der Waals surface area (Å²) in [4.78, 5) is 26.3. The fourth-order valence-electron chi connectivity index (χ4n) is 3.27. The van der Waals surface area contributed by atoms with E-state index in [1.165, 1.54) is 11.0 Å². The molecular weight excluding hydrogens is 358 g/mol. The van der Waals surface area contributed by atoms with Crippen LogP contribution in [0.4, 0.5) is 14.5 Å². The van der Waals surface area contributed by atoms with Crippen LogP contribution in [0, 0.1) is 17.6 Å². The summed E-state index contributed by atoms with van der Waals surface area (Å²) in [5.74, 6) is -2.54. The number of amides is 2. The molecule has 1 fully saturated rings. The summed E-state index contributed by atoms with van der Waals surface area (Å²) < 4.78 is 37.2. The van der Waals surface area contributed by atoms with Crippen LogP contribution in [0.3, 0.4) is 0 Å². The van der Waals surface area contributed by atoms with Crippen LogP contribution < -0.4 is 19.7 Å². The van der Waals surface area contributed by atoms with Gasteiger partial charge in [0, 0.05) is 30.4 Å². The summed E-state index contributed by atoms with van der Waals surface area (Å²) in [6.45, 7) is 0.588. The Morgan fingerprint density at radius 1 is 1.19 bits per heavy atom. The average molecular weight is 374 g/mol. The van der Waals surface area contributed by atoms with Gasteiger partial charge in [-0.25, -0.2) is 8.78 Å². The number of nitrogens with one attached hydrogen (secondary N) is 1. The smallest absolute Gasteiger partial charge is 0.239 e. The summed E-state index contributed by atoms with van der Waals surface area (Å²) in [6.07, 6.45) is 0.302. The molecule has 0 unspecified atom stereocenters. The molecule has 1 N–H and O–H groups in total. The van der Waals surface area contributed by atoms with Crippen LogP contribution in [0.25, 0.3) is 0 Å². The van der Waals surface area contributed by atoms with Crippen LogP contribution in [0.15, 0.2) is 36.4 Å². The molecule has 8 heteroatoms. The minimum atomic E-state index is -1.03. The topological polar surface area (TPSA) is 67.9 Å². The van der Waals surface area contributed by atoms with Gasteiger partial charge in [-0.15, -0.1) is 0 Å². The van der Waals surface area contributed by atoms with Gasteiger partial charge in [-0.1, -0.05) is 12.1 Å². The number of fused-ring (bicyclic) bond motifs is 1. The Morgan fingerprint density at radius 2 is 2.04 bits per heavy atom. The highest BCUT2D eigenvalue weighted by Gasteiger charge is 2.37. The third-order valence-corrected chi connectivity index (χ3v) is 4.67. The SMILES string of the molecule is O=C(NCc1cccc2c1OCO2)[C@@H]1CCN(c2ccc(F)c(F)c2)C1=O. The second-order valence-electron chi connectivity index (χ2n) is 6.30. The molecule has 2 aromatic rings. The van der Waals surface area contributed by atoms with E-state index >= 15 is 0 Å². The number of hydrogen-bond donors (Lipinski definition) is 1. The lowest BCUT2D eigenvalue weighted by Crippen LogP contribution is -2.36. The van der Waals surface area contributed by atoms with Gasteiger partial charge in [0.1, 0.15) is 5.92 Å². The highest BCUT2D eigenvalue weighted by Crippen LogP contribution is 2.35. The first-order valence-electron chi connectivity index (χ1n) is 8.46. The molecule has 2 aromatic carbocycles. The first-order chi connectivity index (χ1) is 13.0. The molecule has 140 valence electrons.